The van der Waals surface area contributed by atoms with Crippen LogP contribution in [0.5, 0.6) is 0 Å². The number of carbonyl (C=O) groups excluding carboxylic acids is 2. The Kier molecular flexibility index (Phi) is 5.52. The molecule has 1 aliphatic carbocycles. The molecule has 29 heavy (non-hydrogen) atoms. The summed E-state index contributed by atoms with van der Waals surface area (Å²) in [6.45, 7) is 4.24. The van der Waals surface area contributed by atoms with E-state index in [1.807, 2.05) is 12.1 Å². The molecular formula is C22H21NO4S2. The molecule has 150 valence electrons. The summed E-state index contributed by atoms with van der Waals surface area (Å²) in [5.74, 6) is -0.234. The van der Waals surface area contributed by atoms with Gasteiger partial charge >= 0.3 is 5.97 Å². The highest BCUT2D eigenvalue weighted by atomic mass is 32.1. The largest absolute Gasteiger partial charge is 0.462 e. The molecule has 0 saturated carbocycles. The average molecular weight is 428 g/mol. The molecule has 1 amide bonds. The average Bonchev–Trinajstić information content (AvgIpc) is 3.05. The van der Waals surface area contributed by atoms with Crippen LogP contribution in [-0.2, 0) is 17.6 Å². The maximum atomic E-state index is 12.9. The van der Waals surface area contributed by atoms with Gasteiger partial charge in [-0.1, -0.05) is 36.5 Å². The molecule has 7 heteroatoms. The van der Waals surface area contributed by atoms with E-state index in [2.05, 4.69) is 12.2 Å². The lowest BCUT2D eigenvalue weighted by Crippen LogP contribution is -2.17. The molecule has 0 bridgehead atoms. The third-order valence-corrected chi connectivity index (χ3v) is 7.21. The lowest BCUT2D eigenvalue weighted by molar-refractivity contribution is 0.0526. The third kappa shape index (κ3) is 3.84. The summed E-state index contributed by atoms with van der Waals surface area (Å²) >= 11 is 2.36. The molecule has 2 heterocycles. The van der Waals surface area contributed by atoms with E-state index >= 15 is 0 Å². The summed E-state index contributed by atoms with van der Waals surface area (Å²) in [6, 6.07) is 8.93. The van der Waals surface area contributed by atoms with Crippen molar-refractivity contribution in [2.24, 2.45) is 5.92 Å². The van der Waals surface area contributed by atoms with E-state index in [-0.39, 0.29) is 17.3 Å². The smallest absolute Gasteiger partial charge is 0.341 e. The van der Waals surface area contributed by atoms with E-state index in [4.69, 9.17) is 4.74 Å². The quantitative estimate of drug-likeness (QED) is 0.603. The molecule has 0 saturated heterocycles. The number of nitrogens with one attached hydrogen (secondary N) is 1. The van der Waals surface area contributed by atoms with Crippen LogP contribution in [-0.4, -0.2) is 18.5 Å². The predicted molar refractivity (Wildman–Crippen MR) is 118 cm³/mol. The van der Waals surface area contributed by atoms with Gasteiger partial charge in [0.25, 0.3) is 5.91 Å². The molecule has 0 fully saturated rings. The van der Waals surface area contributed by atoms with Crippen molar-refractivity contribution in [3.8, 4) is 0 Å². The second-order valence-electron chi connectivity index (χ2n) is 7.22. The molecule has 2 aromatic heterocycles. The second kappa shape index (κ2) is 8.08. The zero-order valence-electron chi connectivity index (χ0n) is 16.2. The molecule has 0 spiro atoms. The molecule has 4 rings (SSSR count). The first kappa shape index (κ1) is 19.8. The van der Waals surface area contributed by atoms with Crippen molar-refractivity contribution >= 4 is 50.3 Å². The van der Waals surface area contributed by atoms with Crippen LogP contribution in [0.3, 0.4) is 0 Å². The van der Waals surface area contributed by atoms with Crippen LogP contribution in [0.2, 0.25) is 0 Å². The van der Waals surface area contributed by atoms with Crippen LogP contribution in [0.25, 0.3) is 10.8 Å². The molecule has 1 aromatic carbocycles. The van der Waals surface area contributed by atoms with Gasteiger partial charge in [-0.2, -0.15) is 0 Å². The van der Waals surface area contributed by atoms with Gasteiger partial charge in [-0.15, -0.1) is 11.3 Å². The van der Waals surface area contributed by atoms with Crippen LogP contribution in [0, 0.1) is 5.92 Å². The maximum Gasteiger partial charge on any atom is 0.341 e. The number of fused-ring (bicyclic) bond motifs is 2. The summed E-state index contributed by atoms with van der Waals surface area (Å²) in [5.41, 5.74) is 1.47. The summed E-state index contributed by atoms with van der Waals surface area (Å²) < 4.78 is 5.10. The maximum absolute atomic E-state index is 12.9. The van der Waals surface area contributed by atoms with Crippen LogP contribution < -0.4 is 10.1 Å². The van der Waals surface area contributed by atoms with E-state index in [1.54, 1.807) is 25.1 Å². The third-order valence-electron chi connectivity index (χ3n) is 5.11. The van der Waals surface area contributed by atoms with Crippen molar-refractivity contribution in [3.63, 3.8) is 0 Å². The van der Waals surface area contributed by atoms with Crippen molar-refractivity contribution in [2.45, 2.75) is 33.1 Å². The van der Waals surface area contributed by atoms with E-state index in [0.29, 0.717) is 26.7 Å². The fraction of sp³-hybridized carbons (Fsp3) is 0.318. The highest BCUT2D eigenvalue weighted by Gasteiger charge is 2.29. The molecule has 5 nitrogen and oxygen atoms in total. The zero-order chi connectivity index (χ0) is 20.5. The number of anilines is 1. The monoisotopic (exact) mass is 427 g/mol. The highest BCUT2D eigenvalue weighted by molar-refractivity contribution is 7.17. The number of hydrogen-bond donors (Lipinski definition) is 1. The Morgan fingerprint density at radius 2 is 2.03 bits per heavy atom. The van der Waals surface area contributed by atoms with E-state index in [0.717, 1.165) is 46.4 Å². The molecule has 0 radical (unpaired) electrons. The predicted octanol–water partition coefficient (Wildman–Crippen LogP) is 4.88. The SMILES string of the molecule is CCOC(=O)c1c(NC(=O)c2cc3ccccc3c(=O)s2)sc2c1CC[C@H](C)C2. The number of carbonyl (C=O) groups is 2. The minimum atomic E-state index is -0.401. The number of thiophene rings is 1. The van der Waals surface area contributed by atoms with Crippen molar-refractivity contribution in [1.82, 2.24) is 0 Å². The van der Waals surface area contributed by atoms with Gasteiger partial charge in [-0.05, 0) is 55.2 Å². The zero-order valence-corrected chi connectivity index (χ0v) is 17.9. The Labute approximate surface area is 176 Å². The van der Waals surface area contributed by atoms with Gasteiger partial charge in [0.05, 0.1) is 17.0 Å². The number of hydrogen-bond acceptors (Lipinski definition) is 6. The van der Waals surface area contributed by atoms with Gasteiger partial charge in [0, 0.05) is 10.3 Å². The molecule has 1 aliphatic rings. The fourth-order valence-corrected chi connectivity index (χ4v) is 5.89. The second-order valence-corrected chi connectivity index (χ2v) is 9.34. The van der Waals surface area contributed by atoms with Crippen molar-refractivity contribution in [1.29, 1.82) is 0 Å². The molecule has 1 N–H and O–H groups in total. The first-order valence-corrected chi connectivity index (χ1v) is 11.3. The molecule has 3 aromatic rings. The number of rotatable bonds is 4. The van der Waals surface area contributed by atoms with Gasteiger partial charge < -0.3 is 10.1 Å². The Morgan fingerprint density at radius 3 is 2.83 bits per heavy atom. The van der Waals surface area contributed by atoms with Gasteiger partial charge in [0.15, 0.2) is 0 Å². The first-order chi connectivity index (χ1) is 14.0. The minimum Gasteiger partial charge on any atom is -0.462 e. The van der Waals surface area contributed by atoms with Crippen molar-refractivity contribution < 1.29 is 14.3 Å². The standard InChI is InChI=1S/C22H21NO4S2/c1-3-27-21(25)18-15-9-8-12(2)10-16(15)28-20(18)23-19(24)17-11-13-6-4-5-7-14(13)22(26)29-17/h4-7,11-12H,3,8-10H2,1-2H3,(H,23,24)/t12-/m0/s1. The van der Waals surface area contributed by atoms with Crippen molar-refractivity contribution in [2.75, 3.05) is 11.9 Å². The molecular weight excluding hydrogens is 406 g/mol. The number of ether oxygens (including phenoxy) is 1. The Balaban J connectivity index is 1.71. The molecule has 0 aliphatic heterocycles. The van der Waals surface area contributed by atoms with Gasteiger partial charge in [0.2, 0.25) is 4.74 Å². The van der Waals surface area contributed by atoms with Crippen molar-refractivity contribution in [3.05, 3.63) is 60.8 Å². The lowest BCUT2D eigenvalue weighted by atomic mass is 9.88. The summed E-state index contributed by atoms with van der Waals surface area (Å²) in [6.07, 6.45) is 2.71. The first-order valence-electron chi connectivity index (χ1n) is 9.63. The fourth-order valence-electron chi connectivity index (χ4n) is 3.67. The van der Waals surface area contributed by atoms with Crippen LogP contribution in [0.15, 0.2) is 35.1 Å². The lowest BCUT2D eigenvalue weighted by Gasteiger charge is -2.18. The van der Waals surface area contributed by atoms with E-state index in [1.165, 1.54) is 11.3 Å². The van der Waals surface area contributed by atoms with E-state index in [9.17, 15) is 14.4 Å². The summed E-state index contributed by atoms with van der Waals surface area (Å²) in [7, 11) is 0. The van der Waals surface area contributed by atoms with Crippen LogP contribution >= 0.6 is 22.7 Å². The molecule has 0 unspecified atom stereocenters. The summed E-state index contributed by atoms with van der Waals surface area (Å²) in [4.78, 5) is 39.4. The van der Waals surface area contributed by atoms with Gasteiger partial charge in [-0.3, -0.25) is 9.59 Å². The van der Waals surface area contributed by atoms with Gasteiger partial charge in [-0.25, -0.2) is 4.79 Å². The topological polar surface area (TPSA) is 72.5 Å². The Hall–Kier alpha value is -2.51. The highest BCUT2D eigenvalue weighted by Crippen LogP contribution is 2.40. The van der Waals surface area contributed by atoms with Crippen LogP contribution in [0.1, 0.15) is 50.7 Å². The summed E-state index contributed by atoms with van der Waals surface area (Å²) in [5, 5.41) is 4.72. The number of benzene rings is 1. The minimum absolute atomic E-state index is 0.154. The number of esters is 1. The Bertz CT molecular complexity index is 1160. The number of amides is 1. The Morgan fingerprint density at radius 1 is 1.24 bits per heavy atom. The van der Waals surface area contributed by atoms with Crippen LogP contribution in [0.4, 0.5) is 5.00 Å². The molecule has 1 atom stereocenters. The van der Waals surface area contributed by atoms with E-state index < -0.39 is 5.97 Å². The van der Waals surface area contributed by atoms with Gasteiger partial charge in [0.1, 0.15) is 5.00 Å². The normalized spacial score (nSPS) is 15.7.